The van der Waals surface area contributed by atoms with E-state index in [1.54, 1.807) is 20.0 Å². The molecule has 0 atom stereocenters. The maximum atomic E-state index is 10.0. The van der Waals surface area contributed by atoms with Crippen LogP contribution >= 0.6 is 11.3 Å². The number of anilines is 1. The first-order chi connectivity index (χ1) is 5.54. The number of aromatic nitrogens is 1. The molecule has 1 heterocycles. The molecule has 0 saturated carbocycles. The second-order valence-electron chi connectivity index (χ2n) is 2.85. The molecule has 1 aromatic rings. The van der Waals surface area contributed by atoms with Crippen LogP contribution in [-0.2, 0) is 10.4 Å². The highest BCUT2D eigenvalue weighted by atomic mass is 32.1. The van der Waals surface area contributed by atoms with E-state index in [1.807, 2.05) is 0 Å². The van der Waals surface area contributed by atoms with Gasteiger partial charge in [0.1, 0.15) is 0 Å². The van der Waals surface area contributed by atoms with Gasteiger partial charge in [-0.25, -0.2) is 4.98 Å². The van der Waals surface area contributed by atoms with Crippen LogP contribution in [0.3, 0.4) is 0 Å². The number of hydrogen-bond donors (Lipinski definition) is 2. The van der Waals surface area contributed by atoms with Crippen molar-refractivity contribution in [2.45, 2.75) is 19.4 Å². The third kappa shape index (κ3) is 2.02. The van der Waals surface area contributed by atoms with Crippen LogP contribution < -0.4 is 5.32 Å². The predicted molar refractivity (Wildman–Crippen MR) is 47.0 cm³/mol. The summed E-state index contributed by atoms with van der Waals surface area (Å²) in [6.45, 7) is 3.34. The lowest BCUT2D eigenvalue weighted by molar-refractivity contribution is -0.105. The molecule has 1 rings (SSSR count). The highest BCUT2D eigenvalue weighted by molar-refractivity contribution is 7.15. The summed E-state index contributed by atoms with van der Waals surface area (Å²) in [5.41, 5.74) is -0.888. The molecular formula is C7H10N2O2S. The van der Waals surface area contributed by atoms with Gasteiger partial charge in [-0.3, -0.25) is 4.79 Å². The normalized spacial score (nSPS) is 11.2. The highest BCUT2D eigenvalue weighted by Crippen LogP contribution is 2.27. The van der Waals surface area contributed by atoms with Crippen molar-refractivity contribution in [3.8, 4) is 0 Å². The Balaban J connectivity index is 2.84. The maximum Gasteiger partial charge on any atom is 0.213 e. The van der Waals surface area contributed by atoms with Gasteiger partial charge in [0.15, 0.2) is 5.13 Å². The number of aliphatic hydroxyl groups is 1. The number of hydrogen-bond acceptors (Lipinski definition) is 4. The Hall–Kier alpha value is -0.940. The lowest BCUT2D eigenvalue weighted by atomic mass is 10.1. The molecule has 12 heavy (non-hydrogen) atoms. The van der Waals surface area contributed by atoms with Gasteiger partial charge in [-0.15, -0.1) is 0 Å². The molecule has 0 spiro atoms. The fourth-order valence-electron chi connectivity index (χ4n) is 0.674. The van der Waals surface area contributed by atoms with E-state index >= 15 is 0 Å². The Kier molecular flexibility index (Phi) is 2.44. The fourth-order valence-corrected chi connectivity index (χ4v) is 1.45. The van der Waals surface area contributed by atoms with Crippen LogP contribution in [0.5, 0.6) is 0 Å². The lowest BCUT2D eigenvalue weighted by Crippen LogP contribution is -2.12. The van der Waals surface area contributed by atoms with Crippen molar-refractivity contribution < 1.29 is 9.90 Å². The molecule has 1 amide bonds. The largest absolute Gasteiger partial charge is 0.385 e. The zero-order valence-electron chi connectivity index (χ0n) is 6.87. The van der Waals surface area contributed by atoms with Crippen molar-refractivity contribution in [2.75, 3.05) is 5.32 Å². The van der Waals surface area contributed by atoms with Gasteiger partial charge >= 0.3 is 0 Å². The predicted octanol–water partition coefficient (Wildman–Crippen LogP) is 0.939. The van der Waals surface area contributed by atoms with Gasteiger partial charge in [0, 0.05) is 6.20 Å². The van der Waals surface area contributed by atoms with Crippen molar-refractivity contribution in [2.24, 2.45) is 0 Å². The van der Waals surface area contributed by atoms with E-state index in [9.17, 15) is 9.90 Å². The minimum absolute atomic E-state index is 0.502. The van der Waals surface area contributed by atoms with Crippen molar-refractivity contribution in [3.05, 3.63) is 11.1 Å². The SMILES string of the molecule is CC(C)(O)c1cnc(NC=O)s1. The van der Waals surface area contributed by atoms with E-state index in [0.29, 0.717) is 11.5 Å². The third-order valence-corrected chi connectivity index (χ3v) is 2.53. The summed E-state index contributed by atoms with van der Waals surface area (Å²) in [5.74, 6) is 0. The van der Waals surface area contributed by atoms with Crippen molar-refractivity contribution in [1.29, 1.82) is 0 Å². The molecule has 0 aliphatic carbocycles. The van der Waals surface area contributed by atoms with Gasteiger partial charge in [0.05, 0.1) is 10.5 Å². The van der Waals surface area contributed by atoms with Gasteiger partial charge in [-0.1, -0.05) is 11.3 Å². The number of nitrogens with one attached hydrogen (secondary N) is 1. The van der Waals surface area contributed by atoms with Gasteiger partial charge in [0.25, 0.3) is 0 Å². The Bertz CT molecular complexity index is 277. The number of thiazole rings is 1. The standard InChI is InChI=1S/C7H10N2O2S/c1-7(2,11)5-3-8-6(12-5)9-4-10/h3-4,11H,1-2H3,(H,8,9,10). The molecule has 5 heteroatoms. The number of rotatable bonds is 3. The third-order valence-electron chi connectivity index (χ3n) is 1.29. The zero-order chi connectivity index (χ0) is 9.19. The summed E-state index contributed by atoms with van der Waals surface area (Å²) in [5, 5.41) is 12.4. The van der Waals surface area contributed by atoms with Gasteiger partial charge in [0.2, 0.25) is 6.41 Å². The van der Waals surface area contributed by atoms with E-state index in [4.69, 9.17) is 0 Å². The van der Waals surface area contributed by atoms with Gasteiger partial charge < -0.3 is 10.4 Å². The first-order valence-corrected chi connectivity index (χ1v) is 4.24. The molecule has 0 aliphatic rings. The Morgan fingerprint density at radius 3 is 2.83 bits per heavy atom. The average Bonchev–Trinajstić information content (AvgIpc) is 2.35. The monoisotopic (exact) mass is 186 g/mol. The number of carbonyl (C=O) groups is 1. The van der Waals surface area contributed by atoms with Crippen molar-refractivity contribution >= 4 is 22.9 Å². The second kappa shape index (κ2) is 3.20. The molecule has 0 fully saturated rings. The summed E-state index contributed by atoms with van der Waals surface area (Å²) in [6.07, 6.45) is 2.11. The van der Waals surface area contributed by atoms with E-state index in [2.05, 4.69) is 10.3 Å². The molecule has 0 radical (unpaired) electrons. The molecule has 0 aliphatic heterocycles. The summed E-state index contributed by atoms with van der Waals surface area (Å²) >= 11 is 1.26. The van der Waals surface area contributed by atoms with Crippen LogP contribution in [0, 0.1) is 0 Å². The smallest absolute Gasteiger partial charge is 0.213 e. The number of carbonyl (C=O) groups excluding carboxylic acids is 1. The van der Waals surface area contributed by atoms with Crippen molar-refractivity contribution in [1.82, 2.24) is 4.98 Å². The van der Waals surface area contributed by atoms with E-state index < -0.39 is 5.60 Å². The van der Waals surface area contributed by atoms with Crippen LogP contribution in [0.4, 0.5) is 5.13 Å². The van der Waals surface area contributed by atoms with Crippen LogP contribution in [0.25, 0.3) is 0 Å². The second-order valence-corrected chi connectivity index (χ2v) is 3.88. The molecule has 0 unspecified atom stereocenters. The first kappa shape index (κ1) is 9.15. The Morgan fingerprint density at radius 1 is 1.75 bits per heavy atom. The summed E-state index contributed by atoms with van der Waals surface area (Å²) in [4.78, 5) is 14.6. The summed E-state index contributed by atoms with van der Waals surface area (Å²) in [7, 11) is 0. The molecule has 66 valence electrons. The van der Waals surface area contributed by atoms with Crippen molar-refractivity contribution in [3.63, 3.8) is 0 Å². The van der Waals surface area contributed by atoms with E-state index in [0.717, 1.165) is 4.88 Å². The highest BCUT2D eigenvalue weighted by Gasteiger charge is 2.18. The minimum atomic E-state index is -0.888. The zero-order valence-corrected chi connectivity index (χ0v) is 7.68. The molecular weight excluding hydrogens is 176 g/mol. The molecule has 0 bridgehead atoms. The average molecular weight is 186 g/mol. The Morgan fingerprint density at radius 2 is 2.42 bits per heavy atom. The molecule has 1 aromatic heterocycles. The van der Waals surface area contributed by atoms with E-state index in [-0.39, 0.29) is 0 Å². The summed E-state index contributed by atoms with van der Waals surface area (Å²) in [6, 6.07) is 0. The molecule has 2 N–H and O–H groups in total. The fraction of sp³-hybridized carbons (Fsp3) is 0.429. The maximum absolute atomic E-state index is 10.0. The molecule has 4 nitrogen and oxygen atoms in total. The Labute approximate surface area is 74.3 Å². The topological polar surface area (TPSA) is 62.2 Å². The van der Waals surface area contributed by atoms with Gasteiger partial charge in [-0.05, 0) is 13.8 Å². The number of nitrogens with zero attached hydrogens (tertiary/aromatic N) is 1. The van der Waals surface area contributed by atoms with Gasteiger partial charge in [-0.2, -0.15) is 0 Å². The van der Waals surface area contributed by atoms with Crippen LogP contribution in [0.15, 0.2) is 6.20 Å². The molecule has 0 aromatic carbocycles. The molecule has 0 saturated heterocycles. The minimum Gasteiger partial charge on any atom is -0.385 e. The quantitative estimate of drug-likeness (QED) is 0.690. The lowest BCUT2D eigenvalue weighted by Gasteiger charge is -2.12. The van der Waals surface area contributed by atoms with Crippen LogP contribution in [-0.4, -0.2) is 16.5 Å². The van der Waals surface area contributed by atoms with Crippen LogP contribution in [0.1, 0.15) is 18.7 Å². The first-order valence-electron chi connectivity index (χ1n) is 3.43. The van der Waals surface area contributed by atoms with Crippen LogP contribution in [0.2, 0.25) is 0 Å². The number of amides is 1. The van der Waals surface area contributed by atoms with E-state index in [1.165, 1.54) is 11.3 Å². The summed E-state index contributed by atoms with van der Waals surface area (Å²) < 4.78 is 0.